The van der Waals surface area contributed by atoms with E-state index in [1.165, 1.54) is 24.0 Å². The van der Waals surface area contributed by atoms with E-state index in [4.69, 9.17) is 0 Å². The van der Waals surface area contributed by atoms with Crippen LogP contribution in [0.25, 0.3) is 0 Å². The standard InChI is InChI=1S/C15H22N2O/c1-3-16-15(18)11-17(14-8-9-14)10-13-6-4-12(2)5-7-13/h4-7,14H,3,8-11H2,1-2H3,(H,16,18). The molecule has 2 rings (SSSR count). The van der Waals surface area contributed by atoms with Gasteiger partial charge in [-0.2, -0.15) is 0 Å². The lowest BCUT2D eigenvalue weighted by molar-refractivity contribution is -0.122. The molecule has 1 N–H and O–H groups in total. The van der Waals surface area contributed by atoms with Crippen LogP contribution in [-0.2, 0) is 11.3 Å². The zero-order chi connectivity index (χ0) is 13.0. The first-order valence-corrected chi connectivity index (χ1v) is 6.75. The van der Waals surface area contributed by atoms with Gasteiger partial charge in [0.15, 0.2) is 0 Å². The first-order chi connectivity index (χ1) is 8.69. The fourth-order valence-electron chi connectivity index (χ4n) is 2.12. The summed E-state index contributed by atoms with van der Waals surface area (Å²) in [7, 11) is 0. The van der Waals surface area contributed by atoms with E-state index in [-0.39, 0.29) is 5.91 Å². The third-order valence-electron chi connectivity index (χ3n) is 3.29. The number of nitrogens with one attached hydrogen (secondary N) is 1. The molecule has 0 aliphatic heterocycles. The van der Waals surface area contributed by atoms with Crippen LogP contribution in [-0.4, -0.2) is 29.9 Å². The summed E-state index contributed by atoms with van der Waals surface area (Å²) in [6.45, 7) is 6.16. The Hall–Kier alpha value is -1.35. The van der Waals surface area contributed by atoms with E-state index in [0.717, 1.165) is 6.54 Å². The minimum absolute atomic E-state index is 0.136. The van der Waals surface area contributed by atoms with Crippen molar-refractivity contribution in [1.29, 1.82) is 0 Å². The van der Waals surface area contributed by atoms with E-state index in [2.05, 4.69) is 41.4 Å². The molecule has 3 nitrogen and oxygen atoms in total. The monoisotopic (exact) mass is 246 g/mol. The SMILES string of the molecule is CCNC(=O)CN(Cc1ccc(C)cc1)C1CC1. The van der Waals surface area contributed by atoms with E-state index in [1.54, 1.807) is 0 Å². The number of carbonyl (C=O) groups excluding carboxylic acids is 1. The molecule has 1 aliphatic rings. The second-order valence-corrected chi connectivity index (χ2v) is 5.08. The Kier molecular flexibility index (Phi) is 4.37. The van der Waals surface area contributed by atoms with E-state index >= 15 is 0 Å². The van der Waals surface area contributed by atoms with Gasteiger partial charge in [-0.25, -0.2) is 0 Å². The highest BCUT2D eigenvalue weighted by Crippen LogP contribution is 2.28. The molecule has 0 radical (unpaired) electrons. The predicted octanol–water partition coefficient (Wildman–Crippen LogP) is 2.10. The Morgan fingerprint density at radius 1 is 1.33 bits per heavy atom. The van der Waals surface area contributed by atoms with Crippen molar-refractivity contribution < 1.29 is 4.79 Å². The summed E-state index contributed by atoms with van der Waals surface area (Å²) in [5.74, 6) is 0.136. The van der Waals surface area contributed by atoms with E-state index in [9.17, 15) is 4.79 Å². The van der Waals surface area contributed by atoms with Gasteiger partial charge in [0.2, 0.25) is 5.91 Å². The van der Waals surface area contributed by atoms with Crippen LogP contribution in [0.5, 0.6) is 0 Å². The van der Waals surface area contributed by atoms with Crippen LogP contribution in [0, 0.1) is 6.92 Å². The molecule has 1 aromatic rings. The van der Waals surface area contributed by atoms with Crippen LogP contribution in [0.3, 0.4) is 0 Å². The van der Waals surface area contributed by atoms with Gasteiger partial charge in [-0.3, -0.25) is 9.69 Å². The smallest absolute Gasteiger partial charge is 0.234 e. The Labute approximate surface area is 109 Å². The van der Waals surface area contributed by atoms with Gasteiger partial charge in [0.25, 0.3) is 0 Å². The van der Waals surface area contributed by atoms with Gasteiger partial charge < -0.3 is 5.32 Å². The number of hydrogen-bond acceptors (Lipinski definition) is 2. The molecule has 0 unspecified atom stereocenters. The topological polar surface area (TPSA) is 32.3 Å². The number of aryl methyl sites for hydroxylation is 1. The van der Waals surface area contributed by atoms with Crippen LogP contribution >= 0.6 is 0 Å². The first-order valence-electron chi connectivity index (χ1n) is 6.75. The largest absolute Gasteiger partial charge is 0.355 e. The molecular formula is C15H22N2O. The second kappa shape index (κ2) is 6.01. The zero-order valence-electron chi connectivity index (χ0n) is 11.3. The van der Waals surface area contributed by atoms with Crippen molar-refractivity contribution in [3.05, 3.63) is 35.4 Å². The van der Waals surface area contributed by atoms with Gasteiger partial charge >= 0.3 is 0 Å². The number of likely N-dealkylation sites (N-methyl/N-ethyl adjacent to an activating group) is 1. The van der Waals surface area contributed by atoms with E-state index in [1.807, 2.05) is 6.92 Å². The minimum Gasteiger partial charge on any atom is -0.355 e. The molecule has 1 amide bonds. The fraction of sp³-hybridized carbons (Fsp3) is 0.533. The van der Waals surface area contributed by atoms with Gasteiger partial charge in [0, 0.05) is 19.1 Å². The Morgan fingerprint density at radius 3 is 2.56 bits per heavy atom. The lowest BCUT2D eigenvalue weighted by Crippen LogP contribution is -2.38. The molecule has 1 aromatic carbocycles. The Bertz CT molecular complexity index is 395. The van der Waals surface area contributed by atoms with Crippen LogP contribution in [0.1, 0.15) is 30.9 Å². The molecule has 0 heterocycles. The highest BCUT2D eigenvalue weighted by molar-refractivity contribution is 5.78. The third kappa shape index (κ3) is 3.84. The molecule has 0 bridgehead atoms. The third-order valence-corrected chi connectivity index (χ3v) is 3.29. The van der Waals surface area contributed by atoms with Crippen molar-refractivity contribution in [2.45, 2.75) is 39.3 Å². The molecule has 0 saturated heterocycles. The summed E-state index contributed by atoms with van der Waals surface area (Å²) in [6.07, 6.45) is 2.45. The molecule has 0 spiro atoms. The van der Waals surface area contributed by atoms with Gasteiger partial charge in [-0.05, 0) is 32.3 Å². The normalized spacial score (nSPS) is 14.8. The highest BCUT2D eigenvalue weighted by Gasteiger charge is 2.30. The van der Waals surface area contributed by atoms with Crippen molar-refractivity contribution in [2.24, 2.45) is 0 Å². The number of carbonyl (C=O) groups is 1. The summed E-state index contributed by atoms with van der Waals surface area (Å²) in [4.78, 5) is 14.0. The number of benzene rings is 1. The van der Waals surface area contributed by atoms with E-state index in [0.29, 0.717) is 19.1 Å². The maximum absolute atomic E-state index is 11.7. The summed E-state index contributed by atoms with van der Waals surface area (Å²) >= 11 is 0. The lowest BCUT2D eigenvalue weighted by atomic mass is 10.1. The van der Waals surface area contributed by atoms with Crippen molar-refractivity contribution in [2.75, 3.05) is 13.1 Å². The molecular weight excluding hydrogens is 224 g/mol. The van der Waals surface area contributed by atoms with Gasteiger partial charge in [-0.1, -0.05) is 29.8 Å². The van der Waals surface area contributed by atoms with Gasteiger partial charge in [-0.15, -0.1) is 0 Å². The van der Waals surface area contributed by atoms with Gasteiger partial charge in [0.05, 0.1) is 6.54 Å². The fourth-order valence-corrected chi connectivity index (χ4v) is 2.12. The van der Waals surface area contributed by atoms with Crippen molar-refractivity contribution >= 4 is 5.91 Å². The maximum Gasteiger partial charge on any atom is 0.234 e. The molecule has 0 aromatic heterocycles. The summed E-state index contributed by atoms with van der Waals surface area (Å²) in [6, 6.07) is 9.18. The molecule has 1 saturated carbocycles. The number of nitrogens with zero attached hydrogens (tertiary/aromatic N) is 1. The maximum atomic E-state index is 11.7. The number of hydrogen-bond donors (Lipinski definition) is 1. The first kappa shape index (κ1) is 13.1. The summed E-state index contributed by atoms with van der Waals surface area (Å²) in [5, 5.41) is 2.87. The summed E-state index contributed by atoms with van der Waals surface area (Å²) in [5.41, 5.74) is 2.57. The van der Waals surface area contributed by atoms with Crippen molar-refractivity contribution in [3.63, 3.8) is 0 Å². The lowest BCUT2D eigenvalue weighted by Gasteiger charge is -2.21. The zero-order valence-corrected chi connectivity index (χ0v) is 11.3. The van der Waals surface area contributed by atoms with Crippen LogP contribution in [0.2, 0.25) is 0 Å². The number of rotatable bonds is 6. The van der Waals surface area contributed by atoms with E-state index < -0.39 is 0 Å². The highest BCUT2D eigenvalue weighted by atomic mass is 16.2. The minimum atomic E-state index is 0.136. The molecule has 18 heavy (non-hydrogen) atoms. The van der Waals surface area contributed by atoms with Crippen molar-refractivity contribution in [1.82, 2.24) is 10.2 Å². The molecule has 1 fully saturated rings. The molecule has 3 heteroatoms. The molecule has 98 valence electrons. The Morgan fingerprint density at radius 2 is 2.00 bits per heavy atom. The number of amides is 1. The van der Waals surface area contributed by atoms with Gasteiger partial charge in [0.1, 0.15) is 0 Å². The summed E-state index contributed by atoms with van der Waals surface area (Å²) < 4.78 is 0. The van der Waals surface area contributed by atoms with Crippen molar-refractivity contribution in [3.8, 4) is 0 Å². The van der Waals surface area contributed by atoms with Crippen LogP contribution < -0.4 is 5.32 Å². The average molecular weight is 246 g/mol. The molecule has 0 atom stereocenters. The average Bonchev–Trinajstić information content (AvgIpc) is 3.15. The Balaban J connectivity index is 1.93. The quantitative estimate of drug-likeness (QED) is 0.833. The second-order valence-electron chi connectivity index (χ2n) is 5.08. The van der Waals surface area contributed by atoms with Crippen LogP contribution in [0.4, 0.5) is 0 Å². The van der Waals surface area contributed by atoms with Crippen LogP contribution in [0.15, 0.2) is 24.3 Å². The predicted molar refractivity (Wildman–Crippen MR) is 73.3 cm³/mol. The molecule has 1 aliphatic carbocycles.